The van der Waals surface area contributed by atoms with Gasteiger partial charge in [-0.2, -0.15) is 0 Å². The molecule has 34 heavy (non-hydrogen) atoms. The molecule has 0 aliphatic carbocycles. The highest BCUT2D eigenvalue weighted by molar-refractivity contribution is 5.90. The Morgan fingerprint density at radius 2 is 1.76 bits per heavy atom. The Hall–Kier alpha value is -4.20. The number of carbonyl (C=O) groups excluding carboxylic acids is 3. The summed E-state index contributed by atoms with van der Waals surface area (Å²) in [5.74, 6) is -0.518. The summed E-state index contributed by atoms with van der Waals surface area (Å²) in [4.78, 5) is 43.2. The molecule has 2 atom stereocenters. The van der Waals surface area contributed by atoms with Crippen LogP contribution in [0.5, 0.6) is 0 Å². The molecule has 174 valence electrons. The number of carbonyl (C=O) groups is 3. The van der Waals surface area contributed by atoms with Crippen LogP contribution in [0.4, 0.5) is 10.5 Å². The molecule has 0 bridgehead atoms. The van der Waals surface area contributed by atoms with E-state index in [-0.39, 0.29) is 24.9 Å². The minimum Gasteiger partial charge on any atom is -0.438 e. The van der Waals surface area contributed by atoms with E-state index >= 15 is 0 Å². The number of aryl methyl sites for hydroxylation is 1. The first-order chi connectivity index (χ1) is 16.4. The van der Waals surface area contributed by atoms with Crippen LogP contribution in [0.1, 0.15) is 35.4 Å². The maximum Gasteiger partial charge on any atom is 0.411 e. The van der Waals surface area contributed by atoms with Gasteiger partial charge in [-0.3, -0.25) is 19.5 Å². The number of hydrogen-bond donors (Lipinski definition) is 2. The number of nitrogens with zero attached hydrogens (tertiary/aromatic N) is 2. The fraction of sp³-hybridized carbons (Fsp3) is 0.231. The van der Waals surface area contributed by atoms with Crippen LogP contribution in [-0.4, -0.2) is 33.8 Å². The van der Waals surface area contributed by atoms with Crippen LogP contribution in [0.15, 0.2) is 72.9 Å². The standard InChI is InChI=1S/C26H26N4O4/c1-17-6-8-19(9-7-17)16-30-23(25(32)28-15-22-5-3-4-14-27-22)24(34-26(30)33)20-10-12-21(13-11-20)29-18(2)31/h3-14,23-24H,15-16H2,1-2H3,(H,28,32)(H,29,31). The average molecular weight is 459 g/mol. The second-order valence-electron chi connectivity index (χ2n) is 8.20. The molecule has 1 aliphatic heterocycles. The molecule has 0 saturated carbocycles. The summed E-state index contributed by atoms with van der Waals surface area (Å²) < 4.78 is 5.69. The predicted octanol–water partition coefficient (Wildman–Crippen LogP) is 3.73. The Labute approximate surface area is 198 Å². The maximum absolute atomic E-state index is 13.3. The van der Waals surface area contributed by atoms with Gasteiger partial charge in [0.2, 0.25) is 11.8 Å². The van der Waals surface area contributed by atoms with Gasteiger partial charge in [0, 0.05) is 18.8 Å². The second kappa shape index (κ2) is 10.2. The molecule has 8 heteroatoms. The van der Waals surface area contributed by atoms with Gasteiger partial charge in [0.15, 0.2) is 12.1 Å². The lowest BCUT2D eigenvalue weighted by Gasteiger charge is -2.24. The zero-order chi connectivity index (χ0) is 24.1. The van der Waals surface area contributed by atoms with Crippen molar-refractivity contribution >= 4 is 23.6 Å². The van der Waals surface area contributed by atoms with Crippen molar-refractivity contribution in [2.45, 2.75) is 39.1 Å². The smallest absolute Gasteiger partial charge is 0.411 e. The van der Waals surface area contributed by atoms with Gasteiger partial charge < -0.3 is 15.4 Å². The molecule has 4 rings (SSSR count). The lowest BCUT2D eigenvalue weighted by molar-refractivity contribution is -0.126. The van der Waals surface area contributed by atoms with Crippen LogP contribution >= 0.6 is 0 Å². The molecule has 1 fully saturated rings. The van der Waals surface area contributed by atoms with E-state index in [1.54, 1.807) is 36.5 Å². The number of rotatable bonds is 7. The number of hydrogen-bond acceptors (Lipinski definition) is 5. The molecule has 1 aromatic heterocycles. The number of ether oxygens (including phenoxy) is 1. The van der Waals surface area contributed by atoms with Crippen molar-refractivity contribution in [1.82, 2.24) is 15.2 Å². The van der Waals surface area contributed by atoms with E-state index in [9.17, 15) is 14.4 Å². The maximum atomic E-state index is 13.3. The molecule has 0 spiro atoms. The van der Waals surface area contributed by atoms with E-state index < -0.39 is 18.2 Å². The highest BCUT2D eigenvalue weighted by Crippen LogP contribution is 2.34. The first kappa shape index (κ1) is 23.0. The van der Waals surface area contributed by atoms with Crippen molar-refractivity contribution in [1.29, 1.82) is 0 Å². The molecule has 8 nitrogen and oxygen atoms in total. The average Bonchev–Trinajstić information content (AvgIpc) is 3.15. The summed E-state index contributed by atoms with van der Waals surface area (Å²) in [7, 11) is 0. The van der Waals surface area contributed by atoms with Gasteiger partial charge in [0.1, 0.15) is 0 Å². The Morgan fingerprint density at radius 1 is 1.03 bits per heavy atom. The Morgan fingerprint density at radius 3 is 2.41 bits per heavy atom. The Kier molecular flexibility index (Phi) is 6.87. The molecule has 2 unspecified atom stereocenters. The van der Waals surface area contributed by atoms with Crippen LogP contribution in [0, 0.1) is 6.92 Å². The summed E-state index contributed by atoms with van der Waals surface area (Å²) >= 11 is 0. The van der Waals surface area contributed by atoms with Crippen molar-refractivity contribution in [2.24, 2.45) is 0 Å². The lowest BCUT2D eigenvalue weighted by Crippen LogP contribution is -2.46. The first-order valence-corrected chi connectivity index (χ1v) is 11.0. The quantitative estimate of drug-likeness (QED) is 0.562. The number of cyclic esters (lactones) is 1. The first-order valence-electron chi connectivity index (χ1n) is 11.0. The number of pyridine rings is 1. The molecule has 0 radical (unpaired) electrons. The molecule has 3 aromatic rings. The van der Waals surface area contributed by atoms with E-state index in [1.807, 2.05) is 43.3 Å². The Balaban J connectivity index is 1.59. The van der Waals surface area contributed by atoms with E-state index in [4.69, 9.17) is 4.74 Å². The van der Waals surface area contributed by atoms with E-state index in [1.165, 1.54) is 11.8 Å². The minimum atomic E-state index is -0.871. The predicted molar refractivity (Wildman–Crippen MR) is 127 cm³/mol. The summed E-state index contributed by atoms with van der Waals surface area (Å²) in [6.45, 7) is 3.89. The van der Waals surface area contributed by atoms with Crippen LogP contribution in [0.25, 0.3) is 0 Å². The topological polar surface area (TPSA) is 101 Å². The van der Waals surface area contributed by atoms with Crippen molar-refractivity contribution < 1.29 is 19.1 Å². The molecule has 2 aromatic carbocycles. The molecule has 2 N–H and O–H groups in total. The highest BCUT2D eigenvalue weighted by Gasteiger charge is 2.46. The number of aromatic nitrogens is 1. The normalized spacial score (nSPS) is 17.2. The molecule has 1 saturated heterocycles. The van der Waals surface area contributed by atoms with E-state index in [2.05, 4.69) is 15.6 Å². The third kappa shape index (κ3) is 5.40. The van der Waals surface area contributed by atoms with Crippen molar-refractivity contribution in [3.8, 4) is 0 Å². The largest absolute Gasteiger partial charge is 0.438 e. The summed E-state index contributed by atoms with van der Waals surface area (Å²) in [5.41, 5.74) is 3.99. The lowest BCUT2D eigenvalue weighted by atomic mass is 10.00. The number of benzene rings is 2. The minimum absolute atomic E-state index is 0.184. The second-order valence-corrected chi connectivity index (χ2v) is 8.20. The van der Waals surface area contributed by atoms with Crippen LogP contribution in [-0.2, 0) is 27.4 Å². The SMILES string of the molecule is CC(=O)Nc1ccc(C2OC(=O)N(Cc3ccc(C)cc3)C2C(=O)NCc2ccccn2)cc1. The summed E-state index contributed by atoms with van der Waals surface area (Å²) in [6.07, 6.45) is 0.301. The summed E-state index contributed by atoms with van der Waals surface area (Å²) in [6, 6.07) is 19.3. The fourth-order valence-electron chi connectivity index (χ4n) is 3.84. The Bertz CT molecular complexity index is 1160. The van der Waals surface area contributed by atoms with Crippen molar-refractivity contribution in [3.05, 3.63) is 95.3 Å². The van der Waals surface area contributed by atoms with Gasteiger partial charge in [0.05, 0.1) is 18.8 Å². The molecular weight excluding hydrogens is 432 g/mol. The van der Waals surface area contributed by atoms with Crippen LogP contribution in [0.2, 0.25) is 0 Å². The number of anilines is 1. The zero-order valence-corrected chi connectivity index (χ0v) is 19.0. The van der Waals surface area contributed by atoms with Crippen molar-refractivity contribution in [3.63, 3.8) is 0 Å². The van der Waals surface area contributed by atoms with E-state index in [0.717, 1.165) is 11.1 Å². The van der Waals surface area contributed by atoms with Gasteiger partial charge in [-0.1, -0.05) is 48.0 Å². The van der Waals surface area contributed by atoms with Gasteiger partial charge >= 0.3 is 6.09 Å². The number of amides is 3. The van der Waals surface area contributed by atoms with Gasteiger partial charge in [-0.05, 0) is 42.3 Å². The van der Waals surface area contributed by atoms with Crippen LogP contribution < -0.4 is 10.6 Å². The van der Waals surface area contributed by atoms with Gasteiger partial charge in [-0.25, -0.2) is 4.79 Å². The molecular formula is C26H26N4O4. The summed E-state index contributed by atoms with van der Waals surface area (Å²) in [5, 5.41) is 5.60. The number of nitrogens with one attached hydrogen (secondary N) is 2. The molecule has 3 amide bonds. The van der Waals surface area contributed by atoms with Gasteiger partial charge in [0.25, 0.3) is 0 Å². The fourth-order valence-corrected chi connectivity index (χ4v) is 3.84. The monoisotopic (exact) mass is 458 g/mol. The molecule has 1 aliphatic rings. The zero-order valence-electron chi connectivity index (χ0n) is 19.0. The highest BCUT2D eigenvalue weighted by atomic mass is 16.6. The third-order valence-electron chi connectivity index (χ3n) is 5.56. The van der Waals surface area contributed by atoms with E-state index in [0.29, 0.717) is 16.9 Å². The van der Waals surface area contributed by atoms with Crippen LogP contribution in [0.3, 0.4) is 0 Å². The van der Waals surface area contributed by atoms with Gasteiger partial charge in [-0.15, -0.1) is 0 Å². The molecule has 2 heterocycles. The van der Waals surface area contributed by atoms with Crippen molar-refractivity contribution in [2.75, 3.05) is 5.32 Å². The third-order valence-corrected chi connectivity index (χ3v) is 5.56.